The van der Waals surface area contributed by atoms with Crippen molar-refractivity contribution in [3.8, 4) is 5.82 Å². The third kappa shape index (κ3) is 3.74. The first-order valence-electron chi connectivity index (χ1n) is 6.04. The summed E-state index contributed by atoms with van der Waals surface area (Å²) in [4.78, 5) is 8.81. The number of halogens is 1. The lowest BCUT2D eigenvalue weighted by Gasteiger charge is -2.09. The van der Waals surface area contributed by atoms with Crippen LogP contribution in [0.25, 0.3) is 5.82 Å². The largest absolute Gasteiger partial charge is 0.377 e. The van der Waals surface area contributed by atoms with Crippen LogP contribution in [0.2, 0.25) is 0 Å². The molecule has 0 aliphatic carbocycles. The van der Waals surface area contributed by atoms with Crippen molar-refractivity contribution in [2.75, 3.05) is 19.0 Å². The molecule has 0 amide bonds. The predicted molar refractivity (Wildman–Crippen MR) is 76.3 cm³/mol. The number of methoxy groups -OCH3 is 1. The van der Waals surface area contributed by atoms with E-state index in [-0.39, 0.29) is 0 Å². The highest BCUT2D eigenvalue weighted by Crippen LogP contribution is 2.14. The molecule has 0 bridgehead atoms. The van der Waals surface area contributed by atoms with Crippen LogP contribution in [0, 0.1) is 0 Å². The molecule has 0 saturated carbocycles. The van der Waals surface area contributed by atoms with Gasteiger partial charge in [0.15, 0.2) is 11.6 Å². The highest BCUT2D eigenvalue weighted by Gasteiger charge is 2.07. The fourth-order valence-corrected chi connectivity index (χ4v) is 1.85. The van der Waals surface area contributed by atoms with Gasteiger partial charge in [-0.2, -0.15) is 5.10 Å². The number of nitrogens with zero attached hydrogens (tertiary/aromatic N) is 4. The second kappa shape index (κ2) is 6.63. The topological polar surface area (TPSA) is 64.9 Å². The molecule has 0 unspecified atom stereocenters. The van der Waals surface area contributed by atoms with Crippen LogP contribution in [0.3, 0.4) is 0 Å². The molecule has 0 aromatic carbocycles. The molecule has 102 valence electrons. The first kappa shape index (κ1) is 14.0. The van der Waals surface area contributed by atoms with Gasteiger partial charge in [0.25, 0.3) is 0 Å². The zero-order chi connectivity index (χ0) is 13.7. The predicted octanol–water partition coefficient (Wildman–Crippen LogP) is 2.39. The van der Waals surface area contributed by atoms with Gasteiger partial charge in [-0.05, 0) is 22.4 Å². The van der Waals surface area contributed by atoms with Crippen LogP contribution < -0.4 is 5.32 Å². The lowest BCUT2D eigenvalue weighted by molar-refractivity contribution is 0.178. The van der Waals surface area contributed by atoms with Crippen molar-refractivity contribution in [1.82, 2.24) is 19.7 Å². The number of hydrogen-bond donors (Lipinski definition) is 1. The molecule has 19 heavy (non-hydrogen) atoms. The first-order chi connectivity index (χ1) is 9.22. The number of rotatable bonds is 6. The summed E-state index contributed by atoms with van der Waals surface area (Å²) < 4.78 is 7.69. The maximum atomic E-state index is 5.09. The third-order valence-corrected chi connectivity index (χ3v) is 2.78. The lowest BCUT2D eigenvalue weighted by atomic mass is 10.4. The average Bonchev–Trinajstić information content (AvgIpc) is 2.83. The minimum atomic E-state index is 0.372. The number of anilines is 1. The molecule has 7 heteroatoms. The number of hydrogen-bond acceptors (Lipinski definition) is 5. The average molecular weight is 326 g/mol. The van der Waals surface area contributed by atoms with E-state index in [0.29, 0.717) is 18.2 Å². The molecule has 0 spiro atoms. The van der Waals surface area contributed by atoms with Crippen LogP contribution in [0.15, 0.2) is 22.9 Å². The molecule has 0 fully saturated rings. The maximum absolute atomic E-state index is 5.09. The third-order valence-electron chi connectivity index (χ3n) is 2.37. The van der Waals surface area contributed by atoms with E-state index in [1.807, 2.05) is 12.3 Å². The van der Waals surface area contributed by atoms with Crippen LogP contribution in [0.5, 0.6) is 0 Å². The van der Waals surface area contributed by atoms with E-state index in [1.54, 1.807) is 18.0 Å². The molecule has 6 nitrogen and oxygen atoms in total. The Morgan fingerprint density at radius 1 is 1.42 bits per heavy atom. The number of nitrogens with one attached hydrogen (secondary N) is 1. The van der Waals surface area contributed by atoms with Crippen LogP contribution in [-0.2, 0) is 11.3 Å². The van der Waals surface area contributed by atoms with Gasteiger partial charge < -0.3 is 10.1 Å². The quantitative estimate of drug-likeness (QED) is 0.883. The summed E-state index contributed by atoms with van der Waals surface area (Å²) in [5.41, 5.74) is 0. The molecule has 0 aliphatic rings. The van der Waals surface area contributed by atoms with Gasteiger partial charge in [-0.1, -0.05) is 6.92 Å². The van der Waals surface area contributed by atoms with Gasteiger partial charge >= 0.3 is 0 Å². The van der Waals surface area contributed by atoms with Crippen molar-refractivity contribution in [3.05, 3.63) is 28.8 Å². The molecule has 2 aromatic rings. The van der Waals surface area contributed by atoms with Crippen molar-refractivity contribution in [2.24, 2.45) is 0 Å². The lowest BCUT2D eigenvalue weighted by Crippen LogP contribution is -2.09. The van der Waals surface area contributed by atoms with Crippen LogP contribution in [0.1, 0.15) is 19.2 Å². The van der Waals surface area contributed by atoms with Gasteiger partial charge in [-0.15, -0.1) is 0 Å². The first-order valence-corrected chi connectivity index (χ1v) is 6.83. The van der Waals surface area contributed by atoms with Gasteiger partial charge in [-0.3, -0.25) is 0 Å². The van der Waals surface area contributed by atoms with E-state index < -0.39 is 0 Å². The Bertz CT molecular complexity index is 543. The molecule has 0 aliphatic heterocycles. The highest BCUT2D eigenvalue weighted by atomic mass is 79.9. The maximum Gasteiger partial charge on any atom is 0.159 e. The van der Waals surface area contributed by atoms with Crippen molar-refractivity contribution < 1.29 is 4.74 Å². The van der Waals surface area contributed by atoms with Crippen LogP contribution in [-0.4, -0.2) is 33.4 Å². The van der Waals surface area contributed by atoms with Crippen LogP contribution in [0.4, 0.5) is 5.82 Å². The molecule has 0 saturated heterocycles. The smallest absolute Gasteiger partial charge is 0.159 e. The Morgan fingerprint density at radius 2 is 2.26 bits per heavy atom. The van der Waals surface area contributed by atoms with E-state index >= 15 is 0 Å². The van der Waals surface area contributed by atoms with Gasteiger partial charge in [0.05, 0.1) is 10.7 Å². The Morgan fingerprint density at radius 3 is 2.89 bits per heavy atom. The zero-order valence-corrected chi connectivity index (χ0v) is 12.5. The van der Waals surface area contributed by atoms with E-state index in [1.165, 1.54) is 0 Å². The molecule has 0 atom stereocenters. The van der Waals surface area contributed by atoms with Gasteiger partial charge in [0.1, 0.15) is 12.4 Å². The SMILES string of the molecule is CCCNc1cc(-n2cc(Br)cn2)nc(COC)n1. The summed E-state index contributed by atoms with van der Waals surface area (Å²) in [5, 5.41) is 7.47. The Labute approximate surface area is 120 Å². The molecular formula is C12H16BrN5O. The molecule has 0 radical (unpaired) electrons. The summed E-state index contributed by atoms with van der Waals surface area (Å²) in [6.45, 7) is 3.35. The second-order valence-corrected chi connectivity index (χ2v) is 4.91. The van der Waals surface area contributed by atoms with Crippen molar-refractivity contribution >= 4 is 21.7 Å². The van der Waals surface area contributed by atoms with Crippen molar-refractivity contribution in [3.63, 3.8) is 0 Å². The molecule has 1 N–H and O–H groups in total. The summed E-state index contributed by atoms with van der Waals surface area (Å²) in [6, 6.07) is 1.87. The fourth-order valence-electron chi connectivity index (χ4n) is 1.56. The number of ether oxygens (including phenoxy) is 1. The minimum Gasteiger partial charge on any atom is -0.377 e. The van der Waals surface area contributed by atoms with Gasteiger partial charge in [0, 0.05) is 25.9 Å². The standard InChI is InChI=1S/C12H16BrN5O/c1-3-4-14-10-5-12(17-11(16-10)8-19-2)18-7-9(13)6-15-18/h5-7H,3-4,8H2,1-2H3,(H,14,16,17). The van der Waals surface area contributed by atoms with E-state index in [2.05, 4.69) is 43.2 Å². The summed E-state index contributed by atoms with van der Waals surface area (Å²) in [5.74, 6) is 2.13. The summed E-state index contributed by atoms with van der Waals surface area (Å²) in [7, 11) is 1.62. The molecule has 2 rings (SSSR count). The number of aromatic nitrogens is 4. The van der Waals surface area contributed by atoms with Crippen molar-refractivity contribution in [2.45, 2.75) is 20.0 Å². The monoisotopic (exact) mass is 325 g/mol. The van der Waals surface area contributed by atoms with Crippen LogP contribution >= 0.6 is 15.9 Å². The van der Waals surface area contributed by atoms with E-state index in [4.69, 9.17) is 4.74 Å². The van der Waals surface area contributed by atoms with E-state index in [9.17, 15) is 0 Å². The molecule has 2 aromatic heterocycles. The summed E-state index contributed by atoms with van der Waals surface area (Å²) >= 11 is 3.37. The summed E-state index contributed by atoms with van der Waals surface area (Å²) in [6.07, 6.45) is 4.60. The second-order valence-electron chi connectivity index (χ2n) is 3.99. The van der Waals surface area contributed by atoms with E-state index in [0.717, 1.165) is 23.3 Å². The molecular weight excluding hydrogens is 310 g/mol. The van der Waals surface area contributed by atoms with Gasteiger partial charge in [-0.25, -0.2) is 14.6 Å². The molecule has 2 heterocycles. The van der Waals surface area contributed by atoms with Crippen molar-refractivity contribution in [1.29, 1.82) is 0 Å². The minimum absolute atomic E-state index is 0.372. The Hall–Kier alpha value is -1.47. The normalized spacial score (nSPS) is 10.7. The highest BCUT2D eigenvalue weighted by molar-refractivity contribution is 9.10. The zero-order valence-electron chi connectivity index (χ0n) is 10.9. The Kier molecular flexibility index (Phi) is 4.86. The van der Waals surface area contributed by atoms with Gasteiger partial charge in [0.2, 0.25) is 0 Å². The fraction of sp³-hybridized carbons (Fsp3) is 0.417. The Balaban J connectivity index is 2.33.